The Balaban J connectivity index is 4.49. The van der Waals surface area contributed by atoms with Crippen LogP contribution in [-0.2, 0) is 23.9 Å². The number of amides is 5. The molecule has 32 heavy (non-hydrogen) atoms. The second kappa shape index (κ2) is 14.3. The highest BCUT2D eigenvalue weighted by atomic mass is 16.6. The third-order valence-corrected chi connectivity index (χ3v) is 4.17. The van der Waals surface area contributed by atoms with Crippen LogP contribution in [0, 0.1) is 5.92 Å². The van der Waals surface area contributed by atoms with Crippen molar-refractivity contribution in [2.24, 2.45) is 17.4 Å². The molecule has 0 fully saturated rings. The van der Waals surface area contributed by atoms with Gasteiger partial charge in [0.05, 0.1) is 6.42 Å². The van der Waals surface area contributed by atoms with Gasteiger partial charge in [-0.1, -0.05) is 20.3 Å². The zero-order chi connectivity index (χ0) is 24.9. The first-order chi connectivity index (χ1) is 14.7. The van der Waals surface area contributed by atoms with Crippen LogP contribution < -0.4 is 27.4 Å². The molecule has 0 aliphatic rings. The smallest absolute Gasteiger partial charge is 0.407 e. The molecule has 184 valence electrons. The van der Waals surface area contributed by atoms with E-state index in [0.717, 1.165) is 0 Å². The van der Waals surface area contributed by atoms with E-state index in [0.29, 0.717) is 32.2 Å². The Bertz CT molecular complexity index is 660. The Morgan fingerprint density at radius 1 is 0.906 bits per heavy atom. The first-order valence-electron chi connectivity index (χ1n) is 10.9. The van der Waals surface area contributed by atoms with E-state index in [-0.39, 0.29) is 18.2 Å². The van der Waals surface area contributed by atoms with Gasteiger partial charge in [-0.2, -0.15) is 0 Å². The number of carbonyl (C=O) groups excluding carboxylic acids is 5. The van der Waals surface area contributed by atoms with Crippen LogP contribution in [0.3, 0.4) is 0 Å². The molecule has 0 aromatic rings. The molecule has 0 unspecified atom stereocenters. The molecule has 0 spiro atoms. The summed E-state index contributed by atoms with van der Waals surface area (Å²) in [7, 11) is 0. The molecule has 0 aliphatic heterocycles. The first-order valence-corrected chi connectivity index (χ1v) is 10.9. The molecule has 11 heteroatoms. The Hall–Kier alpha value is -2.85. The molecule has 0 saturated heterocycles. The summed E-state index contributed by atoms with van der Waals surface area (Å²) in [6.45, 7) is 9.55. The SMILES string of the molecule is CC(C)C[C@H](NC(=O)CCCCCNC(=O)OC(C)(C)C)C(=O)N[C@@H](CC(N)=O)C(N)=O. The molecular weight excluding hydrogens is 418 g/mol. The van der Waals surface area contributed by atoms with Crippen LogP contribution in [0.15, 0.2) is 0 Å². The summed E-state index contributed by atoms with van der Waals surface area (Å²) >= 11 is 0. The number of ether oxygens (including phenoxy) is 1. The van der Waals surface area contributed by atoms with Gasteiger partial charge in [-0.05, 0) is 46.0 Å². The standard InChI is InChI=1S/C21H39N5O6/c1-13(2)11-15(19(30)26-14(18(23)29)12-16(22)27)25-17(28)9-7-6-8-10-24-20(31)32-21(3,4)5/h13-15H,6-12H2,1-5H3,(H2,22,27)(H2,23,29)(H,24,31)(H,25,28)(H,26,30)/t14-,15-/m0/s1. The summed E-state index contributed by atoms with van der Waals surface area (Å²) in [6, 6.07) is -2.10. The fourth-order valence-electron chi connectivity index (χ4n) is 2.76. The average molecular weight is 458 g/mol. The van der Waals surface area contributed by atoms with E-state index in [4.69, 9.17) is 16.2 Å². The molecule has 5 amide bonds. The number of carbonyl (C=O) groups is 5. The van der Waals surface area contributed by atoms with Crippen molar-refractivity contribution in [2.45, 2.75) is 90.8 Å². The Labute approximate surface area is 189 Å². The zero-order valence-electron chi connectivity index (χ0n) is 19.8. The number of nitrogens with two attached hydrogens (primary N) is 2. The van der Waals surface area contributed by atoms with Gasteiger partial charge in [0.1, 0.15) is 17.7 Å². The van der Waals surface area contributed by atoms with Gasteiger partial charge >= 0.3 is 6.09 Å². The van der Waals surface area contributed by atoms with E-state index in [1.54, 1.807) is 20.8 Å². The molecule has 0 heterocycles. The van der Waals surface area contributed by atoms with Crippen molar-refractivity contribution in [1.29, 1.82) is 0 Å². The van der Waals surface area contributed by atoms with Crippen LogP contribution >= 0.6 is 0 Å². The number of primary amides is 2. The lowest BCUT2D eigenvalue weighted by atomic mass is 10.0. The minimum atomic E-state index is -1.23. The lowest BCUT2D eigenvalue weighted by Gasteiger charge is -2.22. The topological polar surface area (TPSA) is 183 Å². The van der Waals surface area contributed by atoms with E-state index >= 15 is 0 Å². The number of alkyl carbamates (subject to hydrolysis) is 1. The van der Waals surface area contributed by atoms with Gasteiger partial charge in [-0.3, -0.25) is 19.2 Å². The molecule has 11 nitrogen and oxygen atoms in total. The Morgan fingerprint density at radius 2 is 1.53 bits per heavy atom. The maximum absolute atomic E-state index is 12.6. The van der Waals surface area contributed by atoms with Gasteiger partial charge in [0.2, 0.25) is 23.6 Å². The minimum Gasteiger partial charge on any atom is -0.444 e. The van der Waals surface area contributed by atoms with E-state index in [9.17, 15) is 24.0 Å². The highest BCUT2D eigenvalue weighted by Crippen LogP contribution is 2.08. The van der Waals surface area contributed by atoms with Crippen LogP contribution in [-0.4, -0.2) is 54.0 Å². The van der Waals surface area contributed by atoms with Gasteiger partial charge in [0.25, 0.3) is 0 Å². The van der Waals surface area contributed by atoms with Crippen LogP contribution in [0.4, 0.5) is 4.79 Å². The monoisotopic (exact) mass is 457 g/mol. The molecule has 0 aromatic heterocycles. The predicted octanol–water partition coefficient (Wildman–Crippen LogP) is 0.448. The summed E-state index contributed by atoms with van der Waals surface area (Å²) in [4.78, 5) is 58.9. The van der Waals surface area contributed by atoms with Crippen molar-refractivity contribution in [3.8, 4) is 0 Å². The minimum absolute atomic E-state index is 0.0909. The Morgan fingerprint density at radius 3 is 2.03 bits per heavy atom. The van der Waals surface area contributed by atoms with Gasteiger partial charge in [0.15, 0.2) is 0 Å². The fourth-order valence-corrected chi connectivity index (χ4v) is 2.76. The van der Waals surface area contributed by atoms with Crippen molar-refractivity contribution in [2.75, 3.05) is 6.54 Å². The molecule has 0 saturated carbocycles. The number of nitrogens with one attached hydrogen (secondary N) is 3. The number of hydrogen-bond acceptors (Lipinski definition) is 6. The maximum atomic E-state index is 12.6. The second-order valence-electron chi connectivity index (χ2n) is 9.12. The number of rotatable bonds is 14. The summed E-state index contributed by atoms with van der Waals surface area (Å²) < 4.78 is 5.14. The lowest BCUT2D eigenvalue weighted by molar-refractivity contribution is -0.132. The average Bonchev–Trinajstić information content (AvgIpc) is 2.61. The predicted molar refractivity (Wildman–Crippen MR) is 119 cm³/mol. The van der Waals surface area contributed by atoms with Crippen molar-refractivity contribution in [1.82, 2.24) is 16.0 Å². The zero-order valence-corrected chi connectivity index (χ0v) is 19.8. The van der Waals surface area contributed by atoms with Gasteiger partial charge in [-0.15, -0.1) is 0 Å². The molecule has 2 atom stereocenters. The molecule has 0 bridgehead atoms. The van der Waals surface area contributed by atoms with Crippen LogP contribution in [0.2, 0.25) is 0 Å². The molecule has 7 N–H and O–H groups in total. The number of unbranched alkanes of at least 4 members (excludes halogenated alkanes) is 2. The van der Waals surface area contributed by atoms with Crippen molar-refractivity contribution < 1.29 is 28.7 Å². The highest BCUT2D eigenvalue weighted by Gasteiger charge is 2.27. The maximum Gasteiger partial charge on any atom is 0.407 e. The van der Waals surface area contributed by atoms with Crippen LogP contribution in [0.25, 0.3) is 0 Å². The van der Waals surface area contributed by atoms with Gasteiger partial charge in [-0.25, -0.2) is 4.79 Å². The van der Waals surface area contributed by atoms with Crippen molar-refractivity contribution in [3.63, 3.8) is 0 Å². The van der Waals surface area contributed by atoms with E-state index in [1.165, 1.54) is 0 Å². The van der Waals surface area contributed by atoms with E-state index in [1.807, 2.05) is 13.8 Å². The number of hydrogen-bond donors (Lipinski definition) is 5. The molecule has 0 aromatic carbocycles. The summed E-state index contributed by atoms with van der Waals surface area (Å²) in [6.07, 6.45) is 1.60. The van der Waals surface area contributed by atoms with Crippen molar-refractivity contribution >= 4 is 29.7 Å². The highest BCUT2D eigenvalue weighted by molar-refractivity contribution is 5.93. The van der Waals surface area contributed by atoms with Crippen molar-refractivity contribution in [3.05, 3.63) is 0 Å². The van der Waals surface area contributed by atoms with Gasteiger partial charge in [0, 0.05) is 13.0 Å². The first kappa shape index (κ1) is 29.1. The molecule has 0 aliphatic carbocycles. The summed E-state index contributed by atoms with van der Waals surface area (Å²) in [5.74, 6) is -2.48. The molecule has 0 rings (SSSR count). The summed E-state index contributed by atoms with van der Waals surface area (Å²) in [5, 5.41) is 7.71. The Kier molecular flexibility index (Phi) is 13.0. The van der Waals surface area contributed by atoms with Gasteiger partial charge < -0.3 is 32.2 Å². The third-order valence-electron chi connectivity index (χ3n) is 4.17. The largest absolute Gasteiger partial charge is 0.444 e. The fraction of sp³-hybridized carbons (Fsp3) is 0.762. The quantitative estimate of drug-likeness (QED) is 0.236. The third kappa shape index (κ3) is 15.0. The molecule has 0 radical (unpaired) electrons. The van der Waals surface area contributed by atoms with Crippen LogP contribution in [0.5, 0.6) is 0 Å². The summed E-state index contributed by atoms with van der Waals surface area (Å²) in [5.41, 5.74) is 9.73. The van der Waals surface area contributed by atoms with Crippen LogP contribution in [0.1, 0.15) is 73.1 Å². The molecular formula is C21H39N5O6. The normalized spacial score (nSPS) is 13.1. The van der Waals surface area contributed by atoms with E-state index in [2.05, 4.69) is 16.0 Å². The van der Waals surface area contributed by atoms with E-state index < -0.39 is 47.9 Å². The lowest BCUT2D eigenvalue weighted by Crippen LogP contribution is -2.54. The second-order valence-corrected chi connectivity index (χ2v) is 9.12.